The van der Waals surface area contributed by atoms with E-state index < -0.39 is 67.2 Å². The van der Waals surface area contributed by atoms with Crippen LogP contribution in [0, 0.1) is 5.82 Å². The first-order valence-electron chi connectivity index (χ1n) is 12.9. The Labute approximate surface area is 238 Å². The molecular weight excluding hydrogens is 563 g/mol. The van der Waals surface area contributed by atoms with Crippen molar-refractivity contribution < 1.29 is 32.3 Å². The Morgan fingerprint density at radius 1 is 1.07 bits per heavy atom. The number of carbonyl (C=O) groups is 3. The van der Waals surface area contributed by atoms with Crippen LogP contribution in [0.15, 0.2) is 67.0 Å². The Kier molecular flexibility index (Phi) is 8.11. The van der Waals surface area contributed by atoms with E-state index in [1.807, 2.05) is 0 Å². The second kappa shape index (κ2) is 11.7. The molecule has 1 N–H and O–H groups in total. The van der Waals surface area contributed by atoms with E-state index in [2.05, 4.69) is 15.3 Å². The van der Waals surface area contributed by atoms with Crippen molar-refractivity contribution >= 4 is 41.1 Å². The molecule has 0 spiro atoms. The minimum Gasteiger partial charge on any atom is -0.446 e. The van der Waals surface area contributed by atoms with E-state index in [1.54, 1.807) is 12.1 Å². The molecule has 3 amide bonds. The van der Waals surface area contributed by atoms with Crippen molar-refractivity contribution in [3.63, 3.8) is 0 Å². The molecule has 9 nitrogen and oxygen atoms in total. The van der Waals surface area contributed by atoms with Crippen LogP contribution in [0.5, 0.6) is 0 Å². The van der Waals surface area contributed by atoms with Crippen molar-refractivity contribution in [3.8, 4) is 0 Å². The lowest BCUT2D eigenvalue weighted by atomic mass is 9.91. The summed E-state index contributed by atoms with van der Waals surface area (Å²) in [7, 11) is 0. The molecule has 0 unspecified atom stereocenters. The van der Waals surface area contributed by atoms with Crippen molar-refractivity contribution in [1.29, 1.82) is 0 Å². The van der Waals surface area contributed by atoms with Crippen molar-refractivity contribution in [1.82, 2.24) is 15.3 Å². The monoisotopic (exact) mass is 587 g/mol. The van der Waals surface area contributed by atoms with Gasteiger partial charge in [0, 0.05) is 47.6 Å². The van der Waals surface area contributed by atoms with Crippen LogP contribution in [-0.4, -0.2) is 52.5 Å². The van der Waals surface area contributed by atoms with Crippen LogP contribution in [0.25, 0.3) is 0 Å². The zero-order chi connectivity index (χ0) is 29.1. The number of cyclic esters (lactones) is 1. The first kappa shape index (κ1) is 28.3. The van der Waals surface area contributed by atoms with E-state index >= 15 is 0 Å². The molecule has 1 saturated carbocycles. The summed E-state index contributed by atoms with van der Waals surface area (Å²) in [6.45, 7) is -0.393. The molecule has 1 aliphatic heterocycles. The molecule has 2 fully saturated rings. The molecule has 5 rings (SSSR count). The van der Waals surface area contributed by atoms with Crippen molar-refractivity contribution in [2.45, 2.75) is 49.7 Å². The number of hydrogen-bond donors (Lipinski definition) is 1. The van der Waals surface area contributed by atoms with Gasteiger partial charge in [-0.15, -0.1) is 0 Å². The molecule has 1 aromatic heterocycles. The number of alkyl halides is 2. The topological polar surface area (TPSA) is 105 Å². The highest BCUT2D eigenvalue weighted by atomic mass is 35.5. The third-order valence-corrected chi connectivity index (χ3v) is 7.36. The Morgan fingerprint density at radius 3 is 2.46 bits per heavy atom. The highest BCUT2D eigenvalue weighted by molar-refractivity contribution is 6.31. The van der Waals surface area contributed by atoms with Crippen LogP contribution < -0.4 is 15.1 Å². The van der Waals surface area contributed by atoms with E-state index in [9.17, 15) is 27.6 Å². The molecule has 41 heavy (non-hydrogen) atoms. The predicted octanol–water partition coefficient (Wildman–Crippen LogP) is 5.06. The minimum atomic E-state index is -2.81. The summed E-state index contributed by atoms with van der Waals surface area (Å²) in [5.41, 5.74) is 0.205. The van der Waals surface area contributed by atoms with Crippen molar-refractivity contribution in [2.75, 3.05) is 16.4 Å². The number of carbonyl (C=O) groups excluding carboxylic acids is 3. The molecule has 1 aliphatic carbocycles. The van der Waals surface area contributed by atoms with E-state index in [1.165, 1.54) is 48.8 Å². The summed E-state index contributed by atoms with van der Waals surface area (Å²) in [5, 5.41) is 2.93. The fourth-order valence-electron chi connectivity index (χ4n) is 4.99. The van der Waals surface area contributed by atoms with Gasteiger partial charge in [0.1, 0.15) is 18.5 Å². The Morgan fingerprint density at radius 2 is 1.78 bits per heavy atom. The number of aromatic nitrogens is 2. The number of halogens is 4. The van der Waals surface area contributed by atoms with Crippen LogP contribution in [0.2, 0.25) is 5.02 Å². The second-order valence-electron chi connectivity index (χ2n) is 9.76. The van der Waals surface area contributed by atoms with E-state index in [0.717, 1.165) is 15.9 Å². The SMILES string of the molecule is O=C(NC1CCC(F)(F)CC1)[C@H](c1ccccc1Cl)N(C(=O)[C@@H]1COC(=O)N1c1ncccn1)c1cccc(F)c1. The van der Waals surface area contributed by atoms with Crippen LogP contribution in [0.4, 0.5) is 29.6 Å². The largest absolute Gasteiger partial charge is 0.446 e. The van der Waals surface area contributed by atoms with Gasteiger partial charge in [-0.25, -0.2) is 32.8 Å². The fourth-order valence-corrected chi connectivity index (χ4v) is 5.23. The van der Waals surface area contributed by atoms with Crippen LogP contribution >= 0.6 is 11.6 Å². The lowest BCUT2D eigenvalue weighted by Crippen LogP contribution is -2.54. The van der Waals surface area contributed by atoms with Gasteiger partial charge in [0.2, 0.25) is 17.8 Å². The normalized spacial score (nSPS) is 19.4. The number of nitrogens with one attached hydrogen (secondary N) is 1. The molecular formula is C28H25ClF3N5O4. The highest BCUT2D eigenvalue weighted by Gasteiger charge is 2.47. The lowest BCUT2D eigenvalue weighted by Gasteiger charge is -2.36. The zero-order valence-electron chi connectivity index (χ0n) is 21.6. The average molecular weight is 588 g/mol. The summed E-state index contributed by atoms with van der Waals surface area (Å²) in [5.74, 6) is -5.11. The number of anilines is 2. The Hall–Kier alpha value is -4.19. The Bertz CT molecular complexity index is 1440. The maximum atomic E-state index is 14.5. The summed E-state index contributed by atoms with van der Waals surface area (Å²) in [6, 6.07) is 9.51. The van der Waals surface area contributed by atoms with Crippen molar-refractivity contribution in [3.05, 3.63) is 83.4 Å². The number of hydrogen-bond acceptors (Lipinski definition) is 6. The molecule has 2 aliphatic rings. The molecule has 2 atom stereocenters. The smallest absolute Gasteiger partial charge is 0.417 e. The standard InChI is InChI=1S/C28H25ClF3N5O4/c29-21-8-2-1-7-20(21)23(24(38)35-18-9-11-28(31,32)12-10-18)36(19-6-3-5-17(30)15-19)25(39)22-16-41-27(40)37(22)26-33-13-4-14-34-26/h1-8,13-15,18,22-23H,9-12,16H2,(H,35,38)/t22-,23-/m0/s1. The molecule has 1 saturated heterocycles. The van der Waals surface area contributed by atoms with Crippen LogP contribution in [0.3, 0.4) is 0 Å². The zero-order valence-corrected chi connectivity index (χ0v) is 22.3. The van der Waals surface area contributed by atoms with Crippen molar-refractivity contribution in [2.24, 2.45) is 0 Å². The Balaban J connectivity index is 1.58. The van der Waals surface area contributed by atoms with Gasteiger partial charge in [0.15, 0.2) is 6.04 Å². The summed E-state index contributed by atoms with van der Waals surface area (Å²) in [4.78, 5) is 51.1. The minimum absolute atomic E-state index is 0.00136. The first-order valence-corrected chi connectivity index (χ1v) is 13.3. The van der Waals surface area contributed by atoms with Gasteiger partial charge in [-0.2, -0.15) is 0 Å². The maximum Gasteiger partial charge on any atom is 0.417 e. The number of benzene rings is 2. The molecule has 13 heteroatoms. The lowest BCUT2D eigenvalue weighted by molar-refractivity contribution is -0.128. The summed E-state index contributed by atoms with van der Waals surface area (Å²) < 4.78 is 47.3. The third kappa shape index (κ3) is 6.12. The fraction of sp³-hybridized carbons (Fsp3) is 0.321. The number of rotatable bonds is 7. The number of ether oxygens (including phenoxy) is 1. The van der Waals surface area contributed by atoms with Crippen LogP contribution in [-0.2, 0) is 14.3 Å². The van der Waals surface area contributed by atoms with Gasteiger partial charge in [0.25, 0.3) is 5.91 Å². The van der Waals surface area contributed by atoms with E-state index in [-0.39, 0.29) is 35.1 Å². The third-order valence-electron chi connectivity index (χ3n) is 7.02. The summed E-state index contributed by atoms with van der Waals surface area (Å²) >= 11 is 6.52. The van der Waals surface area contributed by atoms with E-state index in [4.69, 9.17) is 16.3 Å². The van der Waals surface area contributed by atoms with Crippen LogP contribution in [0.1, 0.15) is 37.3 Å². The van der Waals surface area contributed by atoms with Gasteiger partial charge in [-0.05, 0) is 43.2 Å². The van der Waals surface area contributed by atoms with Gasteiger partial charge in [-0.1, -0.05) is 35.9 Å². The van der Waals surface area contributed by atoms with E-state index in [0.29, 0.717) is 0 Å². The molecule has 3 aromatic rings. The first-order chi connectivity index (χ1) is 19.6. The predicted molar refractivity (Wildman–Crippen MR) is 143 cm³/mol. The molecule has 2 aromatic carbocycles. The average Bonchev–Trinajstić information content (AvgIpc) is 3.34. The maximum absolute atomic E-state index is 14.5. The molecule has 214 valence electrons. The molecule has 0 bridgehead atoms. The molecule has 0 radical (unpaired) electrons. The van der Waals surface area contributed by atoms with Gasteiger partial charge >= 0.3 is 6.09 Å². The highest BCUT2D eigenvalue weighted by Crippen LogP contribution is 2.36. The quantitative estimate of drug-likeness (QED) is 0.414. The summed E-state index contributed by atoms with van der Waals surface area (Å²) in [6.07, 6.45) is 1.17. The molecule has 2 heterocycles. The number of amides is 3. The second-order valence-corrected chi connectivity index (χ2v) is 10.2. The number of nitrogens with zero attached hydrogens (tertiary/aromatic N) is 4. The van der Waals surface area contributed by atoms with Gasteiger partial charge < -0.3 is 10.1 Å². The van der Waals surface area contributed by atoms with Gasteiger partial charge in [0.05, 0.1) is 0 Å². The van der Waals surface area contributed by atoms with Gasteiger partial charge in [-0.3, -0.25) is 14.5 Å².